The van der Waals surface area contributed by atoms with Crippen LogP contribution in [-0.2, 0) is 25.3 Å². The molecule has 1 N–H and O–H groups in total. The van der Waals surface area contributed by atoms with Crippen LogP contribution in [0, 0.1) is 6.92 Å². The van der Waals surface area contributed by atoms with Crippen LogP contribution in [0.1, 0.15) is 27.3 Å². The second kappa shape index (κ2) is 8.68. The van der Waals surface area contributed by atoms with Crippen LogP contribution in [-0.4, -0.2) is 45.0 Å². The lowest BCUT2D eigenvalue weighted by Crippen LogP contribution is -2.48. The van der Waals surface area contributed by atoms with E-state index in [1.54, 1.807) is 34.5 Å². The van der Waals surface area contributed by atoms with E-state index < -0.39 is 6.04 Å². The van der Waals surface area contributed by atoms with Gasteiger partial charge in [0, 0.05) is 61.0 Å². The summed E-state index contributed by atoms with van der Waals surface area (Å²) in [7, 11) is 5.61. The third kappa shape index (κ3) is 4.09. The molecule has 0 aliphatic carbocycles. The SMILES string of the molecule is Cc1ccc(Cc2cc(C(=O)N[C@H]3CSc4cc5c(ccn5C)cc4N(C)C3=O)nn2C)cc1. The van der Waals surface area contributed by atoms with Crippen molar-refractivity contribution in [3.05, 3.63) is 77.2 Å². The van der Waals surface area contributed by atoms with Gasteiger partial charge in [-0.1, -0.05) is 29.8 Å². The number of carbonyl (C=O) groups excluding carboxylic acids is 2. The topological polar surface area (TPSA) is 72.2 Å². The van der Waals surface area contributed by atoms with Crippen molar-refractivity contribution in [1.29, 1.82) is 0 Å². The maximum atomic E-state index is 13.2. The van der Waals surface area contributed by atoms with Crippen LogP contribution >= 0.6 is 11.8 Å². The van der Waals surface area contributed by atoms with Crippen molar-refractivity contribution in [2.45, 2.75) is 24.3 Å². The zero-order valence-electron chi connectivity index (χ0n) is 19.7. The first-order valence-electron chi connectivity index (χ1n) is 11.2. The molecule has 2 aromatic carbocycles. The van der Waals surface area contributed by atoms with Crippen molar-refractivity contribution in [2.24, 2.45) is 14.1 Å². The van der Waals surface area contributed by atoms with Crippen molar-refractivity contribution in [1.82, 2.24) is 19.7 Å². The number of rotatable bonds is 4. The molecule has 1 aliphatic rings. The van der Waals surface area contributed by atoms with Gasteiger partial charge in [-0.2, -0.15) is 5.10 Å². The van der Waals surface area contributed by atoms with Gasteiger partial charge in [0.1, 0.15) is 11.7 Å². The number of carbonyl (C=O) groups is 2. The van der Waals surface area contributed by atoms with Gasteiger partial charge in [-0.05, 0) is 36.8 Å². The summed E-state index contributed by atoms with van der Waals surface area (Å²) in [6, 6.07) is 15.7. The van der Waals surface area contributed by atoms with E-state index >= 15 is 0 Å². The number of benzene rings is 2. The fourth-order valence-electron chi connectivity index (χ4n) is 4.29. The fourth-order valence-corrected chi connectivity index (χ4v) is 5.40. The van der Waals surface area contributed by atoms with Gasteiger partial charge in [0.15, 0.2) is 0 Å². The lowest BCUT2D eigenvalue weighted by atomic mass is 10.1. The highest BCUT2D eigenvalue weighted by molar-refractivity contribution is 7.99. The molecular formula is C26H27N5O2S. The zero-order chi connectivity index (χ0) is 24.0. The molecule has 3 heterocycles. The first kappa shape index (κ1) is 22.3. The summed E-state index contributed by atoms with van der Waals surface area (Å²) in [5.41, 5.74) is 5.60. The number of nitrogens with one attached hydrogen (secondary N) is 1. The van der Waals surface area contributed by atoms with E-state index in [2.05, 4.69) is 52.2 Å². The number of likely N-dealkylation sites (N-methyl/N-ethyl adjacent to an activating group) is 1. The quantitative estimate of drug-likeness (QED) is 0.491. The summed E-state index contributed by atoms with van der Waals surface area (Å²) in [6.07, 6.45) is 2.69. The third-order valence-electron chi connectivity index (χ3n) is 6.38. The first-order valence-corrected chi connectivity index (χ1v) is 12.2. The standard InChI is InChI=1S/C26H27N5O2S/c1-16-5-7-17(8-6-16)11-19-13-20(28-31(19)4)25(32)27-21-15-34-24-14-22-18(9-10-29(22)2)12-23(24)30(3)26(21)33/h5-10,12-14,21H,11,15H2,1-4H3,(H,27,32)/t21-/m0/s1. The number of amides is 2. The Balaban J connectivity index is 1.33. The highest BCUT2D eigenvalue weighted by Crippen LogP contribution is 2.37. The Labute approximate surface area is 202 Å². The lowest BCUT2D eigenvalue weighted by molar-refractivity contribution is -0.119. The van der Waals surface area contributed by atoms with Crippen molar-refractivity contribution < 1.29 is 9.59 Å². The van der Waals surface area contributed by atoms with E-state index in [0.29, 0.717) is 17.9 Å². The molecule has 2 amide bonds. The molecule has 0 saturated heterocycles. The number of aryl methyl sites for hydroxylation is 3. The second-order valence-corrected chi connectivity index (χ2v) is 9.91. The van der Waals surface area contributed by atoms with Crippen molar-refractivity contribution in [3.8, 4) is 0 Å². The van der Waals surface area contributed by atoms with Crippen molar-refractivity contribution in [3.63, 3.8) is 0 Å². The molecule has 8 heteroatoms. The molecular weight excluding hydrogens is 446 g/mol. The summed E-state index contributed by atoms with van der Waals surface area (Å²) in [5.74, 6) is -0.0131. The predicted molar refractivity (Wildman–Crippen MR) is 136 cm³/mol. The van der Waals surface area contributed by atoms with E-state index in [0.717, 1.165) is 32.7 Å². The summed E-state index contributed by atoms with van der Waals surface area (Å²) in [4.78, 5) is 28.9. The molecule has 174 valence electrons. The molecule has 0 bridgehead atoms. The Morgan fingerprint density at radius 3 is 2.65 bits per heavy atom. The summed E-state index contributed by atoms with van der Waals surface area (Å²) >= 11 is 1.58. The lowest BCUT2D eigenvalue weighted by Gasteiger charge is -2.21. The van der Waals surface area contributed by atoms with Crippen LogP contribution in [0.5, 0.6) is 0 Å². The molecule has 2 aromatic heterocycles. The molecule has 0 unspecified atom stereocenters. The molecule has 5 rings (SSSR count). The molecule has 34 heavy (non-hydrogen) atoms. The molecule has 1 atom stereocenters. The fraction of sp³-hybridized carbons (Fsp3) is 0.269. The monoisotopic (exact) mass is 473 g/mol. The zero-order valence-corrected chi connectivity index (χ0v) is 20.5. The minimum Gasteiger partial charge on any atom is -0.351 e. The van der Waals surface area contributed by atoms with Gasteiger partial charge in [-0.15, -0.1) is 11.8 Å². The highest BCUT2D eigenvalue weighted by atomic mass is 32.2. The van der Waals surface area contributed by atoms with E-state index in [-0.39, 0.29) is 11.8 Å². The molecule has 7 nitrogen and oxygen atoms in total. The van der Waals surface area contributed by atoms with Crippen LogP contribution in [0.4, 0.5) is 5.69 Å². The Morgan fingerprint density at radius 2 is 1.88 bits per heavy atom. The number of fused-ring (bicyclic) bond motifs is 2. The van der Waals surface area contributed by atoms with E-state index in [1.807, 2.05) is 32.4 Å². The van der Waals surface area contributed by atoms with Crippen LogP contribution in [0.15, 0.2) is 59.6 Å². The van der Waals surface area contributed by atoms with Crippen molar-refractivity contribution in [2.75, 3.05) is 17.7 Å². The van der Waals surface area contributed by atoms with Crippen LogP contribution in [0.2, 0.25) is 0 Å². The summed E-state index contributed by atoms with van der Waals surface area (Å²) in [5, 5.41) is 8.41. The molecule has 0 saturated carbocycles. The number of thioether (sulfide) groups is 1. The maximum absolute atomic E-state index is 13.2. The minimum absolute atomic E-state index is 0.134. The van der Waals surface area contributed by atoms with E-state index in [4.69, 9.17) is 0 Å². The third-order valence-corrected chi connectivity index (χ3v) is 7.52. The average Bonchev–Trinajstić information content (AvgIpc) is 3.35. The van der Waals surface area contributed by atoms with Gasteiger partial charge < -0.3 is 14.8 Å². The van der Waals surface area contributed by atoms with E-state index in [9.17, 15) is 9.59 Å². The number of nitrogens with zero attached hydrogens (tertiary/aromatic N) is 4. The van der Waals surface area contributed by atoms with Crippen LogP contribution in [0.25, 0.3) is 10.9 Å². The summed E-state index contributed by atoms with van der Waals surface area (Å²) in [6.45, 7) is 2.06. The normalized spacial score (nSPS) is 15.9. The number of hydrogen-bond donors (Lipinski definition) is 1. The first-order chi connectivity index (χ1) is 16.3. The van der Waals surface area contributed by atoms with Gasteiger partial charge in [0.2, 0.25) is 5.91 Å². The van der Waals surface area contributed by atoms with Gasteiger partial charge in [-0.3, -0.25) is 14.3 Å². The smallest absolute Gasteiger partial charge is 0.272 e. The predicted octanol–water partition coefficient (Wildman–Crippen LogP) is 3.68. The van der Waals surface area contributed by atoms with Gasteiger partial charge in [0.05, 0.1) is 5.69 Å². The van der Waals surface area contributed by atoms with E-state index in [1.165, 1.54) is 5.56 Å². The highest BCUT2D eigenvalue weighted by Gasteiger charge is 2.31. The average molecular weight is 474 g/mol. The Morgan fingerprint density at radius 1 is 1.12 bits per heavy atom. The molecule has 0 fully saturated rings. The number of aromatic nitrogens is 3. The van der Waals surface area contributed by atoms with Gasteiger partial charge in [0.25, 0.3) is 5.91 Å². The van der Waals surface area contributed by atoms with Crippen molar-refractivity contribution >= 4 is 40.2 Å². The molecule has 0 radical (unpaired) electrons. The molecule has 0 spiro atoms. The second-order valence-electron chi connectivity index (χ2n) is 8.85. The Bertz CT molecular complexity index is 1400. The van der Waals surface area contributed by atoms with Crippen LogP contribution < -0.4 is 10.2 Å². The number of hydrogen-bond acceptors (Lipinski definition) is 4. The largest absolute Gasteiger partial charge is 0.351 e. The summed E-state index contributed by atoms with van der Waals surface area (Å²) < 4.78 is 3.80. The Kier molecular flexibility index (Phi) is 5.69. The van der Waals surface area contributed by atoms with Crippen LogP contribution in [0.3, 0.4) is 0 Å². The molecule has 4 aromatic rings. The van der Waals surface area contributed by atoms with Gasteiger partial charge in [-0.25, -0.2) is 0 Å². The molecule has 1 aliphatic heterocycles. The Hall–Kier alpha value is -3.52. The minimum atomic E-state index is -0.638. The maximum Gasteiger partial charge on any atom is 0.272 e. The number of anilines is 1. The van der Waals surface area contributed by atoms with Gasteiger partial charge >= 0.3 is 0 Å².